The highest BCUT2D eigenvalue weighted by atomic mass is 16.4. The Morgan fingerprint density at radius 3 is 2.63 bits per heavy atom. The maximum atomic E-state index is 12.5. The fourth-order valence-corrected chi connectivity index (χ4v) is 2.64. The molecule has 0 aliphatic carbocycles. The molecule has 104 valence electrons. The lowest BCUT2D eigenvalue weighted by Gasteiger charge is -2.31. The third kappa shape index (κ3) is 2.49. The van der Waals surface area contributed by atoms with E-state index in [1.54, 1.807) is 18.7 Å². The summed E-state index contributed by atoms with van der Waals surface area (Å²) in [5.74, 6) is -1.18. The van der Waals surface area contributed by atoms with Crippen LogP contribution in [0.15, 0.2) is 0 Å². The summed E-state index contributed by atoms with van der Waals surface area (Å²) >= 11 is 0. The molecule has 2 heterocycles. The van der Waals surface area contributed by atoms with E-state index in [0.29, 0.717) is 29.9 Å². The van der Waals surface area contributed by atoms with E-state index in [0.717, 1.165) is 12.8 Å². The smallest absolute Gasteiger partial charge is 0.352 e. The van der Waals surface area contributed by atoms with Crippen LogP contribution >= 0.6 is 0 Å². The molecule has 6 heteroatoms. The summed E-state index contributed by atoms with van der Waals surface area (Å²) in [5, 5.41) is 9.06. The lowest BCUT2D eigenvalue weighted by atomic mass is 10.0. The maximum absolute atomic E-state index is 12.5. The number of aromatic nitrogens is 1. The molecular weight excluding hydrogens is 246 g/mol. The van der Waals surface area contributed by atoms with E-state index in [9.17, 15) is 9.59 Å². The van der Waals surface area contributed by atoms with Gasteiger partial charge in [0.2, 0.25) is 0 Å². The predicted octanol–water partition coefficient (Wildman–Crippen LogP) is 0.893. The molecule has 0 spiro atoms. The number of rotatable bonds is 2. The summed E-state index contributed by atoms with van der Waals surface area (Å²) in [4.78, 5) is 28.0. The van der Waals surface area contributed by atoms with Crippen LogP contribution in [0.5, 0.6) is 0 Å². The second-order valence-electron chi connectivity index (χ2n) is 5.08. The number of amides is 1. The van der Waals surface area contributed by atoms with E-state index in [-0.39, 0.29) is 17.6 Å². The van der Waals surface area contributed by atoms with Crippen molar-refractivity contribution in [2.75, 3.05) is 13.1 Å². The molecule has 1 aromatic rings. The molecule has 1 aromatic heterocycles. The number of carbonyl (C=O) groups is 2. The van der Waals surface area contributed by atoms with Gasteiger partial charge in [-0.15, -0.1) is 0 Å². The number of nitrogens with zero attached hydrogens (tertiary/aromatic N) is 1. The third-order valence-corrected chi connectivity index (χ3v) is 3.61. The lowest BCUT2D eigenvalue weighted by Crippen LogP contribution is -2.45. The van der Waals surface area contributed by atoms with E-state index in [4.69, 9.17) is 10.8 Å². The van der Waals surface area contributed by atoms with Gasteiger partial charge in [-0.05, 0) is 32.3 Å². The van der Waals surface area contributed by atoms with E-state index < -0.39 is 5.97 Å². The Kier molecular flexibility index (Phi) is 3.61. The minimum absolute atomic E-state index is 0.0104. The Labute approximate surface area is 111 Å². The van der Waals surface area contributed by atoms with Crippen LogP contribution in [0, 0.1) is 13.8 Å². The average molecular weight is 265 g/mol. The van der Waals surface area contributed by atoms with Crippen LogP contribution in [-0.2, 0) is 0 Å². The van der Waals surface area contributed by atoms with Crippen molar-refractivity contribution in [2.45, 2.75) is 32.7 Å². The zero-order chi connectivity index (χ0) is 14.2. The molecule has 0 aromatic carbocycles. The summed E-state index contributed by atoms with van der Waals surface area (Å²) in [6, 6.07) is 0.0104. The van der Waals surface area contributed by atoms with Crippen LogP contribution in [0.4, 0.5) is 0 Å². The number of piperidine rings is 1. The van der Waals surface area contributed by atoms with Crippen molar-refractivity contribution in [1.82, 2.24) is 9.88 Å². The van der Waals surface area contributed by atoms with Gasteiger partial charge in [-0.1, -0.05) is 0 Å². The number of aromatic amines is 1. The molecule has 1 aliphatic heterocycles. The first-order chi connectivity index (χ1) is 8.91. The molecule has 2 rings (SSSR count). The molecule has 4 N–H and O–H groups in total. The van der Waals surface area contributed by atoms with Gasteiger partial charge in [-0.3, -0.25) is 4.79 Å². The number of H-pyrrole nitrogens is 1. The minimum Gasteiger partial charge on any atom is -0.477 e. The number of aryl methyl sites for hydroxylation is 1. The Balaban J connectivity index is 2.31. The van der Waals surface area contributed by atoms with Crippen molar-refractivity contribution < 1.29 is 14.7 Å². The van der Waals surface area contributed by atoms with Crippen molar-refractivity contribution in [1.29, 1.82) is 0 Å². The normalized spacial score (nSPS) is 19.5. The standard InChI is InChI=1S/C13H19N3O3/c1-7-10(8(2)15-11(7)13(18)19)12(17)16-5-3-4-9(14)6-16/h9,15H,3-6,14H2,1-2H3,(H,18,19). The Hall–Kier alpha value is -1.82. The summed E-state index contributed by atoms with van der Waals surface area (Å²) in [7, 11) is 0. The molecule has 1 unspecified atom stereocenters. The molecule has 0 bridgehead atoms. The van der Waals surface area contributed by atoms with Gasteiger partial charge in [0.15, 0.2) is 0 Å². The minimum atomic E-state index is -1.05. The number of nitrogens with one attached hydrogen (secondary N) is 1. The van der Waals surface area contributed by atoms with Crippen LogP contribution in [-0.4, -0.2) is 46.0 Å². The fraction of sp³-hybridized carbons (Fsp3) is 0.538. The first kappa shape index (κ1) is 13.6. The van der Waals surface area contributed by atoms with Crippen molar-refractivity contribution in [2.24, 2.45) is 5.73 Å². The average Bonchev–Trinajstić information content (AvgIpc) is 2.64. The van der Waals surface area contributed by atoms with Crippen LogP contribution < -0.4 is 5.73 Å². The van der Waals surface area contributed by atoms with Crippen molar-refractivity contribution in [3.63, 3.8) is 0 Å². The summed E-state index contributed by atoms with van der Waals surface area (Å²) in [5.41, 5.74) is 7.52. The molecular formula is C13H19N3O3. The molecule has 0 radical (unpaired) electrons. The SMILES string of the molecule is Cc1[nH]c(C(=O)O)c(C)c1C(=O)N1CCCC(N)C1. The third-order valence-electron chi connectivity index (χ3n) is 3.61. The van der Waals surface area contributed by atoms with E-state index >= 15 is 0 Å². The van der Waals surface area contributed by atoms with Crippen LogP contribution in [0.2, 0.25) is 0 Å². The van der Waals surface area contributed by atoms with Gasteiger partial charge in [-0.2, -0.15) is 0 Å². The van der Waals surface area contributed by atoms with E-state index in [1.165, 1.54) is 0 Å². The highest BCUT2D eigenvalue weighted by Crippen LogP contribution is 2.21. The van der Waals surface area contributed by atoms with Crippen LogP contribution in [0.1, 0.15) is 44.9 Å². The summed E-state index contributed by atoms with van der Waals surface area (Å²) in [6.45, 7) is 4.59. The second-order valence-corrected chi connectivity index (χ2v) is 5.08. The number of carboxylic acid groups (broad SMARTS) is 1. The Morgan fingerprint density at radius 2 is 2.11 bits per heavy atom. The van der Waals surface area contributed by atoms with Crippen molar-refractivity contribution in [3.8, 4) is 0 Å². The second kappa shape index (κ2) is 5.05. The Bertz CT molecular complexity index is 521. The number of carbonyl (C=O) groups excluding carboxylic acids is 1. The number of hydrogen-bond donors (Lipinski definition) is 3. The lowest BCUT2D eigenvalue weighted by molar-refractivity contribution is 0.0690. The maximum Gasteiger partial charge on any atom is 0.352 e. The van der Waals surface area contributed by atoms with Crippen molar-refractivity contribution in [3.05, 3.63) is 22.5 Å². The van der Waals surface area contributed by atoms with Gasteiger partial charge < -0.3 is 20.7 Å². The first-order valence-corrected chi connectivity index (χ1v) is 6.39. The Morgan fingerprint density at radius 1 is 1.42 bits per heavy atom. The molecule has 1 saturated heterocycles. The zero-order valence-corrected chi connectivity index (χ0v) is 11.2. The van der Waals surface area contributed by atoms with Gasteiger partial charge in [0, 0.05) is 24.8 Å². The molecule has 6 nitrogen and oxygen atoms in total. The molecule has 1 amide bonds. The van der Waals surface area contributed by atoms with Gasteiger partial charge in [0.05, 0.1) is 5.56 Å². The molecule has 0 saturated carbocycles. The number of carboxylic acids is 1. The van der Waals surface area contributed by atoms with E-state index in [1.807, 2.05) is 0 Å². The molecule has 19 heavy (non-hydrogen) atoms. The summed E-state index contributed by atoms with van der Waals surface area (Å²) in [6.07, 6.45) is 1.82. The number of likely N-dealkylation sites (tertiary alicyclic amines) is 1. The largest absolute Gasteiger partial charge is 0.477 e. The quantitative estimate of drug-likeness (QED) is 0.739. The van der Waals surface area contributed by atoms with Gasteiger partial charge >= 0.3 is 5.97 Å². The molecule has 1 fully saturated rings. The van der Waals surface area contributed by atoms with Gasteiger partial charge in [0.25, 0.3) is 5.91 Å². The predicted molar refractivity (Wildman–Crippen MR) is 70.3 cm³/mol. The van der Waals surface area contributed by atoms with Gasteiger partial charge in [-0.25, -0.2) is 4.79 Å². The highest BCUT2D eigenvalue weighted by Gasteiger charge is 2.27. The summed E-state index contributed by atoms with van der Waals surface area (Å²) < 4.78 is 0. The van der Waals surface area contributed by atoms with E-state index in [2.05, 4.69) is 4.98 Å². The first-order valence-electron chi connectivity index (χ1n) is 6.39. The van der Waals surface area contributed by atoms with Crippen molar-refractivity contribution >= 4 is 11.9 Å². The zero-order valence-electron chi connectivity index (χ0n) is 11.2. The topological polar surface area (TPSA) is 99.4 Å². The highest BCUT2D eigenvalue weighted by molar-refractivity contribution is 6.00. The van der Waals surface area contributed by atoms with Crippen LogP contribution in [0.3, 0.4) is 0 Å². The number of aromatic carboxylic acids is 1. The molecule has 1 atom stereocenters. The van der Waals surface area contributed by atoms with Crippen LogP contribution in [0.25, 0.3) is 0 Å². The van der Waals surface area contributed by atoms with Gasteiger partial charge in [0.1, 0.15) is 5.69 Å². The number of hydrogen-bond acceptors (Lipinski definition) is 3. The number of nitrogens with two attached hydrogens (primary N) is 1. The fourth-order valence-electron chi connectivity index (χ4n) is 2.64. The molecule has 1 aliphatic rings. The monoisotopic (exact) mass is 265 g/mol.